The summed E-state index contributed by atoms with van der Waals surface area (Å²) in [4.78, 5) is 15.0. The van der Waals surface area contributed by atoms with E-state index in [0.717, 1.165) is 33.2 Å². The van der Waals surface area contributed by atoms with Gasteiger partial charge in [0.05, 0.1) is 0 Å². The summed E-state index contributed by atoms with van der Waals surface area (Å²) in [6, 6.07) is 21.9. The largest absolute Gasteiger partial charge is 0.298 e. The summed E-state index contributed by atoms with van der Waals surface area (Å²) in [5.74, 6) is 0.00605. The topological polar surface area (TPSA) is 20.3 Å². The van der Waals surface area contributed by atoms with Crippen LogP contribution >= 0.6 is 44.3 Å². The fraction of sp³-hybridized carbons (Fsp3) is 0.125. The van der Waals surface area contributed by atoms with E-state index in [4.69, 9.17) is 0 Å². The van der Waals surface area contributed by atoms with Crippen molar-refractivity contribution < 1.29 is 4.79 Å². The number of halogens is 3. The van der Waals surface area contributed by atoms with E-state index < -0.39 is 0 Å². The molecule has 0 aliphatic rings. The van der Waals surface area contributed by atoms with Crippen LogP contribution in [0.2, 0.25) is 0 Å². The molecule has 0 heterocycles. The minimum Gasteiger partial charge on any atom is -0.298 e. The van der Waals surface area contributed by atoms with Gasteiger partial charge in [0.25, 0.3) is 0 Å². The van der Waals surface area contributed by atoms with Crippen LogP contribution in [0.3, 0.4) is 0 Å². The maximum Gasteiger partial charge on any atom is 0.194 e. The molecule has 0 spiro atoms. The van der Waals surface area contributed by atoms with Crippen LogP contribution in [0.1, 0.15) is 21.5 Å². The number of benzene rings is 3. The number of rotatable bonds is 7. The maximum absolute atomic E-state index is 12.8. The van der Waals surface area contributed by atoms with Crippen molar-refractivity contribution in [2.24, 2.45) is 0 Å². The number of hydrogen-bond donors (Lipinski definition) is 0. The third-order valence-electron chi connectivity index (χ3n) is 4.50. The van der Waals surface area contributed by atoms with Crippen molar-refractivity contribution in [2.75, 3.05) is 13.6 Å². The maximum atomic E-state index is 12.8. The van der Waals surface area contributed by atoms with Gasteiger partial charge in [0.1, 0.15) is 0 Å². The molecule has 5 heteroatoms. The first-order valence-corrected chi connectivity index (χ1v) is 10.5. The summed E-state index contributed by atoms with van der Waals surface area (Å²) in [6.45, 7) is 5.53. The van der Waals surface area contributed by atoms with E-state index in [1.54, 1.807) is 0 Å². The molecule has 0 bridgehead atoms. The summed E-state index contributed by atoms with van der Waals surface area (Å²) in [6.07, 6.45) is 1.91. The first kappa shape index (κ1) is 23.6. The molecule has 0 radical (unpaired) electrons. The molecule has 0 saturated heterocycles. The monoisotopic (exact) mass is 533 g/mol. The second-order valence-electron chi connectivity index (χ2n) is 6.71. The van der Waals surface area contributed by atoms with Crippen LogP contribution in [0.25, 0.3) is 11.1 Å². The van der Waals surface area contributed by atoms with Gasteiger partial charge in [0, 0.05) is 33.2 Å². The Hall–Kier alpha value is -1.72. The molecular weight excluding hydrogens is 514 g/mol. The Morgan fingerprint density at radius 2 is 1.55 bits per heavy atom. The second-order valence-corrected chi connectivity index (χ2v) is 8.48. The van der Waals surface area contributed by atoms with Crippen LogP contribution in [0.5, 0.6) is 0 Å². The summed E-state index contributed by atoms with van der Waals surface area (Å²) in [7, 11) is 2.08. The van der Waals surface area contributed by atoms with Gasteiger partial charge in [0.2, 0.25) is 0 Å². The summed E-state index contributed by atoms with van der Waals surface area (Å²) in [5, 5.41) is 0. The molecule has 0 aliphatic heterocycles. The average Bonchev–Trinajstić information content (AvgIpc) is 2.68. The number of likely N-dealkylation sites (N-methyl/N-ethyl adjacent to an activating group) is 1. The molecule has 150 valence electrons. The molecule has 0 saturated carbocycles. The fourth-order valence-corrected chi connectivity index (χ4v) is 4.27. The third-order valence-corrected chi connectivity index (χ3v) is 5.65. The number of ketones is 1. The quantitative estimate of drug-likeness (QED) is 0.237. The molecule has 0 aliphatic carbocycles. The van der Waals surface area contributed by atoms with Crippen LogP contribution in [-0.4, -0.2) is 24.3 Å². The van der Waals surface area contributed by atoms with Gasteiger partial charge in [0.15, 0.2) is 5.78 Å². The van der Waals surface area contributed by atoms with E-state index in [1.807, 2.05) is 48.5 Å². The standard InChI is InChI=1S/C24H21Br2NO.ClH/c1-3-14-27(2)16-17-4-6-18(7-5-17)19-8-10-20(11-9-19)24(28)22-13-12-21(25)15-23(22)26;/h3-13,15H,1,14,16H2,2H3;1H. The predicted octanol–water partition coefficient (Wildman–Crippen LogP) is 7.15. The Morgan fingerprint density at radius 1 is 0.966 bits per heavy atom. The number of carbonyl (C=O) groups is 1. The molecule has 2 nitrogen and oxygen atoms in total. The van der Waals surface area contributed by atoms with Gasteiger partial charge in [-0.15, -0.1) is 19.0 Å². The summed E-state index contributed by atoms with van der Waals surface area (Å²) < 4.78 is 1.72. The van der Waals surface area contributed by atoms with E-state index in [0.29, 0.717) is 11.1 Å². The van der Waals surface area contributed by atoms with E-state index in [-0.39, 0.29) is 18.2 Å². The van der Waals surface area contributed by atoms with Crippen molar-refractivity contribution in [3.05, 3.63) is 105 Å². The molecule has 0 fully saturated rings. The number of carbonyl (C=O) groups excluding carboxylic acids is 1. The first-order chi connectivity index (χ1) is 13.5. The predicted molar refractivity (Wildman–Crippen MR) is 131 cm³/mol. The van der Waals surface area contributed by atoms with Crippen molar-refractivity contribution in [1.29, 1.82) is 0 Å². The Morgan fingerprint density at radius 3 is 2.10 bits per heavy atom. The SMILES string of the molecule is C=CCN(C)Cc1ccc(-c2ccc(C(=O)c3ccc(Br)cc3Br)cc2)cc1.Cl. The average molecular weight is 536 g/mol. The van der Waals surface area contributed by atoms with Crippen LogP contribution in [0.4, 0.5) is 0 Å². The highest BCUT2D eigenvalue weighted by Crippen LogP contribution is 2.26. The van der Waals surface area contributed by atoms with E-state index in [1.165, 1.54) is 5.56 Å². The smallest absolute Gasteiger partial charge is 0.194 e. The number of hydrogen-bond acceptors (Lipinski definition) is 2. The van der Waals surface area contributed by atoms with Crippen LogP contribution in [0, 0.1) is 0 Å². The van der Waals surface area contributed by atoms with Crippen LogP contribution in [0.15, 0.2) is 88.3 Å². The van der Waals surface area contributed by atoms with E-state index in [9.17, 15) is 4.79 Å². The summed E-state index contributed by atoms with van der Waals surface area (Å²) >= 11 is 6.88. The van der Waals surface area contributed by atoms with Crippen molar-refractivity contribution in [1.82, 2.24) is 4.90 Å². The van der Waals surface area contributed by atoms with Gasteiger partial charge in [-0.1, -0.05) is 70.5 Å². The lowest BCUT2D eigenvalue weighted by molar-refractivity contribution is 0.103. The van der Waals surface area contributed by atoms with Crippen molar-refractivity contribution in [3.8, 4) is 11.1 Å². The lowest BCUT2D eigenvalue weighted by Gasteiger charge is -2.14. The van der Waals surface area contributed by atoms with Gasteiger partial charge in [-0.2, -0.15) is 0 Å². The van der Waals surface area contributed by atoms with Gasteiger partial charge >= 0.3 is 0 Å². The third kappa shape index (κ3) is 6.13. The minimum absolute atomic E-state index is 0. The lowest BCUT2D eigenvalue weighted by Crippen LogP contribution is -2.17. The minimum atomic E-state index is 0. The zero-order chi connectivity index (χ0) is 20.1. The van der Waals surface area contributed by atoms with Gasteiger partial charge < -0.3 is 0 Å². The fourth-order valence-electron chi connectivity index (χ4n) is 3.04. The van der Waals surface area contributed by atoms with Crippen LogP contribution < -0.4 is 0 Å². The molecule has 0 aromatic heterocycles. The lowest BCUT2D eigenvalue weighted by atomic mass is 9.99. The van der Waals surface area contributed by atoms with E-state index >= 15 is 0 Å². The van der Waals surface area contributed by atoms with Crippen molar-refractivity contribution in [3.63, 3.8) is 0 Å². The Balaban J connectivity index is 0.00000300. The molecule has 3 aromatic rings. The molecule has 29 heavy (non-hydrogen) atoms. The van der Waals surface area contributed by atoms with Crippen molar-refractivity contribution >= 4 is 50.1 Å². The normalized spacial score (nSPS) is 10.5. The first-order valence-electron chi connectivity index (χ1n) is 8.96. The zero-order valence-corrected chi connectivity index (χ0v) is 20.1. The molecule has 0 atom stereocenters. The molecule has 3 rings (SSSR count). The Bertz CT molecular complexity index is 985. The van der Waals surface area contributed by atoms with Crippen molar-refractivity contribution in [2.45, 2.75) is 6.54 Å². The highest BCUT2D eigenvalue weighted by Gasteiger charge is 2.13. The second kappa shape index (κ2) is 10.9. The highest BCUT2D eigenvalue weighted by molar-refractivity contribution is 9.11. The van der Waals surface area contributed by atoms with Gasteiger partial charge in [-0.3, -0.25) is 9.69 Å². The number of nitrogens with zero attached hydrogens (tertiary/aromatic N) is 1. The summed E-state index contributed by atoms with van der Waals surface area (Å²) in [5.41, 5.74) is 4.83. The van der Waals surface area contributed by atoms with Crippen LogP contribution in [-0.2, 0) is 6.54 Å². The van der Waals surface area contributed by atoms with E-state index in [2.05, 4.69) is 74.7 Å². The molecule has 3 aromatic carbocycles. The zero-order valence-electron chi connectivity index (χ0n) is 16.1. The highest BCUT2D eigenvalue weighted by atomic mass is 79.9. The van der Waals surface area contributed by atoms with Gasteiger partial charge in [-0.05, 0) is 57.9 Å². The molecular formula is C24H22Br2ClNO. The Kier molecular flexibility index (Phi) is 8.84. The van der Waals surface area contributed by atoms with Gasteiger partial charge in [-0.25, -0.2) is 0 Å². The molecule has 0 amide bonds. The molecule has 0 N–H and O–H groups in total. The Labute approximate surface area is 195 Å². The molecule has 0 unspecified atom stereocenters.